The van der Waals surface area contributed by atoms with Crippen molar-refractivity contribution < 1.29 is 24.5 Å². The molecule has 2 bridgehead atoms. The molecule has 1 heterocycles. The second-order valence-electron chi connectivity index (χ2n) is 9.06. The van der Waals surface area contributed by atoms with E-state index in [1.165, 1.54) is 6.08 Å². The van der Waals surface area contributed by atoms with Crippen molar-refractivity contribution in [1.29, 1.82) is 0 Å². The fourth-order valence-electron chi connectivity index (χ4n) is 3.94. The van der Waals surface area contributed by atoms with E-state index in [-0.39, 0.29) is 18.6 Å². The van der Waals surface area contributed by atoms with Gasteiger partial charge in [-0.15, -0.1) is 0 Å². The minimum atomic E-state index is -0.632. The standard InChI is InChI=1S/C26H38O5/c1-6-19(17-27)13-18(2)23-15-22(30-5)16-24(28)26(3,4)21-11-7-9-20(14-21)10-8-12-25(29)31-23/h7-9,11-14,19,22-24,27-28H,6,10,15-17H2,1-5H3. The normalized spacial score (nSPS) is 26.1. The number of esters is 1. The Hall–Kier alpha value is -1.95. The summed E-state index contributed by atoms with van der Waals surface area (Å²) in [5, 5.41) is 20.7. The van der Waals surface area contributed by atoms with Gasteiger partial charge >= 0.3 is 5.97 Å². The average molecular weight is 431 g/mol. The lowest BCUT2D eigenvalue weighted by atomic mass is 9.76. The van der Waals surface area contributed by atoms with Gasteiger partial charge in [0.05, 0.1) is 12.2 Å². The molecule has 5 heteroatoms. The number of benzene rings is 1. The predicted octanol–water partition coefficient (Wildman–Crippen LogP) is 4.11. The first kappa shape index (κ1) is 25.3. The van der Waals surface area contributed by atoms with Crippen molar-refractivity contribution in [3.8, 4) is 0 Å². The zero-order valence-electron chi connectivity index (χ0n) is 19.5. The summed E-state index contributed by atoms with van der Waals surface area (Å²) in [4.78, 5) is 12.5. The molecule has 31 heavy (non-hydrogen) atoms. The van der Waals surface area contributed by atoms with Crippen LogP contribution >= 0.6 is 0 Å². The molecule has 0 saturated heterocycles. The molecule has 0 radical (unpaired) electrons. The van der Waals surface area contributed by atoms with E-state index in [1.807, 2.05) is 58.0 Å². The highest BCUT2D eigenvalue weighted by atomic mass is 16.5. The maximum atomic E-state index is 12.5. The number of carbonyl (C=O) groups excluding carboxylic acids is 1. The molecule has 172 valence electrons. The first-order chi connectivity index (χ1) is 14.7. The Labute approximate surface area is 186 Å². The van der Waals surface area contributed by atoms with Gasteiger partial charge in [-0.3, -0.25) is 0 Å². The van der Waals surface area contributed by atoms with Crippen molar-refractivity contribution in [3.63, 3.8) is 0 Å². The Balaban J connectivity index is 2.40. The van der Waals surface area contributed by atoms with Crippen LogP contribution in [0.3, 0.4) is 0 Å². The average Bonchev–Trinajstić information content (AvgIpc) is 2.75. The molecule has 0 spiro atoms. The molecule has 0 fully saturated rings. The van der Waals surface area contributed by atoms with Crippen LogP contribution in [0.2, 0.25) is 0 Å². The number of fused-ring (bicyclic) bond motifs is 2. The number of hydrogen-bond donors (Lipinski definition) is 2. The zero-order valence-corrected chi connectivity index (χ0v) is 19.5. The summed E-state index contributed by atoms with van der Waals surface area (Å²) in [6.45, 7) is 8.06. The highest BCUT2D eigenvalue weighted by Gasteiger charge is 2.33. The fourth-order valence-corrected chi connectivity index (χ4v) is 3.94. The molecule has 0 aliphatic carbocycles. The predicted molar refractivity (Wildman–Crippen MR) is 123 cm³/mol. The van der Waals surface area contributed by atoms with Crippen molar-refractivity contribution in [1.82, 2.24) is 0 Å². The maximum Gasteiger partial charge on any atom is 0.331 e. The Bertz CT molecular complexity index is 776. The quantitative estimate of drug-likeness (QED) is 0.543. The lowest BCUT2D eigenvalue weighted by Gasteiger charge is -2.34. The van der Waals surface area contributed by atoms with Crippen LogP contribution in [-0.2, 0) is 26.1 Å². The monoisotopic (exact) mass is 430 g/mol. The molecule has 2 N–H and O–H groups in total. The van der Waals surface area contributed by atoms with E-state index in [1.54, 1.807) is 7.11 Å². The Morgan fingerprint density at radius 3 is 2.74 bits per heavy atom. The van der Waals surface area contributed by atoms with Crippen LogP contribution in [-0.4, -0.2) is 48.2 Å². The van der Waals surface area contributed by atoms with E-state index >= 15 is 0 Å². The molecular weight excluding hydrogens is 392 g/mol. The first-order valence-electron chi connectivity index (χ1n) is 11.2. The van der Waals surface area contributed by atoms with E-state index in [4.69, 9.17) is 9.47 Å². The largest absolute Gasteiger partial charge is 0.455 e. The number of methoxy groups -OCH3 is 1. The molecule has 1 aromatic carbocycles. The Kier molecular flexibility index (Phi) is 9.48. The first-order valence-corrected chi connectivity index (χ1v) is 11.2. The highest BCUT2D eigenvalue weighted by Crippen LogP contribution is 2.32. The van der Waals surface area contributed by atoms with Crippen LogP contribution in [0.4, 0.5) is 0 Å². The molecule has 0 aromatic heterocycles. The maximum absolute atomic E-state index is 12.5. The van der Waals surface area contributed by atoms with Gasteiger partial charge in [-0.1, -0.05) is 57.2 Å². The van der Waals surface area contributed by atoms with Gasteiger partial charge in [-0.25, -0.2) is 4.79 Å². The second kappa shape index (κ2) is 11.6. The summed E-state index contributed by atoms with van der Waals surface area (Å²) in [5.41, 5.74) is 2.56. The van der Waals surface area contributed by atoms with Gasteiger partial charge in [-0.2, -0.15) is 0 Å². The van der Waals surface area contributed by atoms with E-state index in [0.29, 0.717) is 19.3 Å². The summed E-state index contributed by atoms with van der Waals surface area (Å²) in [6, 6.07) is 8.12. The van der Waals surface area contributed by atoms with Gasteiger partial charge in [0.15, 0.2) is 0 Å². The Morgan fingerprint density at radius 2 is 2.10 bits per heavy atom. The van der Waals surface area contributed by atoms with Gasteiger partial charge in [0.1, 0.15) is 6.10 Å². The van der Waals surface area contributed by atoms with E-state index in [9.17, 15) is 15.0 Å². The number of aliphatic hydroxyl groups is 2. The van der Waals surface area contributed by atoms with Gasteiger partial charge < -0.3 is 19.7 Å². The molecule has 4 atom stereocenters. The molecule has 5 nitrogen and oxygen atoms in total. The number of ether oxygens (including phenoxy) is 2. The molecule has 4 unspecified atom stereocenters. The summed E-state index contributed by atoms with van der Waals surface area (Å²) in [6.07, 6.45) is 6.11. The van der Waals surface area contributed by atoms with Crippen molar-refractivity contribution >= 4 is 5.97 Å². The van der Waals surface area contributed by atoms with Crippen molar-refractivity contribution in [2.24, 2.45) is 5.92 Å². The molecule has 1 aromatic rings. The summed E-state index contributed by atoms with van der Waals surface area (Å²) >= 11 is 0. The van der Waals surface area contributed by atoms with E-state index in [2.05, 4.69) is 6.07 Å². The minimum absolute atomic E-state index is 0.0119. The van der Waals surface area contributed by atoms with Crippen LogP contribution in [0.5, 0.6) is 0 Å². The third kappa shape index (κ3) is 7.03. The number of hydrogen-bond acceptors (Lipinski definition) is 5. The summed E-state index contributed by atoms with van der Waals surface area (Å²) in [7, 11) is 1.62. The molecule has 2 rings (SSSR count). The van der Waals surface area contributed by atoms with Gasteiger partial charge in [-0.05, 0) is 36.5 Å². The number of carbonyl (C=O) groups is 1. The van der Waals surface area contributed by atoms with Gasteiger partial charge in [0.2, 0.25) is 0 Å². The van der Waals surface area contributed by atoms with Crippen molar-refractivity contribution in [3.05, 3.63) is 59.2 Å². The number of allylic oxidation sites excluding steroid dienone is 1. The third-order valence-corrected chi connectivity index (χ3v) is 6.43. The molecule has 1 aliphatic rings. The topological polar surface area (TPSA) is 76.0 Å². The molecular formula is C26H38O5. The zero-order chi connectivity index (χ0) is 23.0. The molecule has 0 amide bonds. The van der Waals surface area contributed by atoms with Crippen molar-refractivity contribution in [2.45, 2.75) is 77.1 Å². The second-order valence-corrected chi connectivity index (χ2v) is 9.06. The lowest BCUT2D eigenvalue weighted by molar-refractivity contribution is -0.143. The summed E-state index contributed by atoms with van der Waals surface area (Å²) in [5.74, 6) is -0.392. The lowest BCUT2D eigenvalue weighted by Crippen LogP contribution is -2.38. The van der Waals surface area contributed by atoms with Crippen LogP contribution < -0.4 is 0 Å². The molecule has 1 aliphatic heterocycles. The van der Waals surface area contributed by atoms with Crippen LogP contribution in [0.1, 0.15) is 58.1 Å². The van der Waals surface area contributed by atoms with Crippen molar-refractivity contribution in [2.75, 3.05) is 13.7 Å². The van der Waals surface area contributed by atoms with Gasteiger partial charge in [0.25, 0.3) is 0 Å². The highest BCUT2D eigenvalue weighted by molar-refractivity contribution is 5.82. The van der Waals surface area contributed by atoms with Crippen LogP contribution in [0.15, 0.2) is 48.1 Å². The summed E-state index contributed by atoms with van der Waals surface area (Å²) < 4.78 is 11.5. The smallest absolute Gasteiger partial charge is 0.331 e. The third-order valence-electron chi connectivity index (χ3n) is 6.43. The SMILES string of the molecule is CCC(C=C(C)C1CC(OC)CC(O)C(C)(C)c2cccc(c2)CC=CC(=O)O1)CO. The molecule has 0 saturated carbocycles. The fraction of sp³-hybridized carbons (Fsp3) is 0.577. The number of aliphatic hydroxyl groups excluding tert-OH is 2. The minimum Gasteiger partial charge on any atom is -0.455 e. The Morgan fingerprint density at radius 1 is 1.35 bits per heavy atom. The number of rotatable bonds is 5. The van der Waals surface area contributed by atoms with E-state index in [0.717, 1.165) is 23.1 Å². The van der Waals surface area contributed by atoms with Gasteiger partial charge in [0, 0.05) is 44.0 Å². The van der Waals surface area contributed by atoms with E-state index < -0.39 is 23.6 Å². The van der Waals surface area contributed by atoms with Crippen LogP contribution in [0.25, 0.3) is 0 Å². The van der Waals surface area contributed by atoms with Crippen LogP contribution in [0, 0.1) is 5.92 Å². The number of cyclic esters (lactones) is 1.